The summed E-state index contributed by atoms with van der Waals surface area (Å²) in [6, 6.07) is 11.3. The lowest BCUT2D eigenvalue weighted by Crippen LogP contribution is -2.25. The number of thioether (sulfide) groups is 1. The zero-order valence-corrected chi connectivity index (χ0v) is 15.6. The minimum Gasteiger partial charge on any atom is -0.310 e. The Bertz CT molecular complexity index is 785. The highest BCUT2D eigenvalue weighted by Crippen LogP contribution is 2.28. The Morgan fingerprint density at radius 1 is 1.28 bits per heavy atom. The number of carbonyl (C=O) groups excluding carboxylic acids is 1. The van der Waals surface area contributed by atoms with E-state index in [0.717, 1.165) is 24.2 Å². The number of carbonyl (C=O) groups is 1. The predicted molar refractivity (Wildman–Crippen MR) is 100 cm³/mol. The van der Waals surface area contributed by atoms with Crippen molar-refractivity contribution in [3.8, 4) is 6.07 Å². The predicted octanol–water partition coefficient (Wildman–Crippen LogP) is 4.12. The Labute approximate surface area is 152 Å². The first kappa shape index (κ1) is 18.9. The fourth-order valence-electron chi connectivity index (χ4n) is 2.33. The topological polar surface area (TPSA) is 78.7 Å². The normalized spacial score (nSPS) is 11.6. The molecule has 0 aliphatic heterocycles. The summed E-state index contributed by atoms with van der Waals surface area (Å²) >= 11 is 1.34. The molecule has 0 fully saturated rings. The van der Waals surface area contributed by atoms with Crippen LogP contribution < -0.4 is 5.32 Å². The molecule has 6 heteroatoms. The van der Waals surface area contributed by atoms with Gasteiger partial charge in [-0.15, -0.1) is 0 Å². The molecule has 2 aromatic rings. The van der Waals surface area contributed by atoms with Crippen LogP contribution in [0.1, 0.15) is 43.6 Å². The second-order valence-electron chi connectivity index (χ2n) is 5.69. The van der Waals surface area contributed by atoms with E-state index in [-0.39, 0.29) is 11.2 Å². The summed E-state index contributed by atoms with van der Waals surface area (Å²) in [5, 5.41) is 12.4. The highest BCUT2D eigenvalue weighted by Gasteiger charge is 2.21. The van der Waals surface area contributed by atoms with E-state index >= 15 is 0 Å². The maximum Gasteiger partial charge on any atom is 0.239 e. The zero-order valence-electron chi connectivity index (χ0n) is 14.7. The summed E-state index contributed by atoms with van der Waals surface area (Å²) < 4.78 is 0. The molecule has 0 aliphatic rings. The molecule has 130 valence electrons. The molecule has 2 rings (SSSR count). The summed E-state index contributed by atoms with van der Waals surface area (Å²) in [5.74, 6) is 0.412. The van der Waals surface area contributed by atoms with Crippen molar-refractivity contribution >= 4 is 23.5 Å². The lowest BCUT2D eigenvalue weighted by Gasteiger charge is -2.15. The van der Waals surface area contributed by atoms with Gasteiger partial charge in [-0.2, -0.15) is 5.26 Å². The highest BCUT2D eigenvalue weighted by molar-refractivity contribution is 8.00. The van der Waals surface area contributed by atoms with Gasteiger partial charge in [-0.3, -0.25) is 4.79 Å². The van der Waals surface area contributed by atoms with E-state index in [0.29, 0.717) is 22.8 Å². The van der Waals surface area contributed by atoms with E-state index in [4.69, 9.17) is 0 Å². The number of rotatable bonds is 7. The van der Waals surface area contributed by atoms with Gasteiger partial charge in [-0.1, -0.05) is 38.1 Å². The lowest BCUT2D eigenvalue weighted by molar-refractivity contribution is -0.115. The molecule has 0 saturated heterocycles. The van der Waals surface area contributed by atoms with Crippen molar-refractivity contribution in [3.05, 3.63) is 47.3 Å². The van der Waals surface area contributed by atoms with Gasteiger partial charge in [0.15, 0.2) is 0 Å². The number of aryl methyl sites for hydroxylation is 2. The number of hydrogen-bond donors (Lipinski definition) is 1. The first-order valence-electron chi connectivity index (χ1n) is 8.38. The smallest absolute Gasteiger partial charge is 0.239 e. The molecular formula is C19H22N4OS. The van der Waals surface area contributed by atoms with Crippen LogP contribution in [0.4, 0.5) is 5.82 Å². The van der Waals surface area contributed by atoms with Gasteiger partial charge in [0.25, 0.3) is 0 Å². The average Bonchev–Trinajstić information content (AvgIpc) is 2.60. The Balaban J connectivity index is 2.17. The van der Waals surface area contributed by atoms with Gasteiger partial charge >= 0.3 is 0 Å². The first-order chi connectivity index (χ1) is 12.1. The Morgan fingerprint density at radius 2 is 2.08 bits per heavy atom. The third-order valence-electron chi connectivity index (χ3n) is 3.60. The van der Waals surface area contributed by atoms with Gasteiger partial charge in [0.05, 0.1) is 10.8 Å². The molecule has 1 atom stereocenters. The summed E-state index contributed by atoms with van der Waals surface area (Å²) in [6.45, 7) is 5.91. The van der Waals surface area contributed by atoms with Crippen LogP contribution >= 0.6 is 11.8 Å². The van der Waals surface area contributed by atoms with Gasteiger partial charge in [0.1, 0.15) is 16.9 Å². The Morgan fingerprint density at radius 3 is 2.72 bits per heavy atom. The number of pyridine rings is 2. The molecule has 0 radical (unpaired) electrons. The van der Waals surface area contributed by atoms with Crippen molar-refractivity contribution in [1.82, 2.24) is 9.97 Å². The van der Waals surface area contributed by atoms with Crippen LogP contribution in [-0.2, 0) is 11.2 Å². The average molecular weight is 354 g/mol. The number of nitrogens with zero attached hydrogens (tertiary/aromatic N) is 3. The van der Waals surface area contributed by atoms with Crippen LogP contribution in [0.25, 0.3) is 0 Å². The molecular weight excluding hydrogens is 332 g/mol. The maximum absolute atomic E-state index is 12.6. The fraction of sp³-hybridized carbons (Fsp3) is 0.368. The summed E-state index contributed by atoms with van der Waals surface area (Å²) in [7, 11) is 0. The Kier molecular flexibility index (Phi) is 6.96. The molecule has 1 unspecified atom stereocenters. The van der Waals surface area contributed by atoms with E-state index in [2.05, 4.69) is 28.3 Å². The van der Waals surface area contributed by atoms with Gasteiger partial charge in [0.2, 0.25) is 5.91 Å². The molecule has 0 bridgehead atoms. The lowest BCUT2D eigenvalue weighted by atomic mass is 10.2. The number of anilines is 1. The van der Waals surface area contributed by atoms with Crippen LogP contribution in [0.3, 0.4) is 0 Å². The van der Waals surface area contributed by atoms with Gasteiger partial charge < -0.3 is 5.32 Å². The molecule has 0 saturated carbocycles. The van der Waals surface area contributed by atoms with E-state index in [1.165, 1.54) is 11.8 Å². The molecule has 5 nitrogen and oxygen atoms in total. The molecule has 1 amide bonds. The second-order valence-corrected chi connectivity index (χ2v) is 6.88. The van der Waals surface area contributed by atoms with Crippen LogP contribution in [0.15, 0.2) is 35.4 Å². The molecule has 0 aromatic carbocycles. The van der Waals surface area contributed by atoms with Crippen molar-refractivity contribution in [2.45, 2.75) is 50.3 Å². The van der Waals surface area contributed by atoms with Crippen molar-refractivity contribution in [2.75, 3.05) is 5.32 Å². The van der Waals surface area contributed by atoms with Crippen LogP contribution in [0.5, 0.6) is 0 Å². The van der Waals surface area contributed by atoms with Gasteiger partial charge in [0, 0.05) is 11.4 Å². The molecule has 2 heterocycles. The third-order valence-corrected chi connectivity index (χ3v) is 4.97. The summed E-state index contributed by atoms with van der Waals surface area (Å²) in [4.78, 5) is 21.5. The molecule has 25 heavy (non-hydrogen) atoms. The van der Waals surface area contributed by atoms with E-state index < -0.39 is 0 Å². The highest BCUT2D eigenvalue weighted by atomic mass is 32.2. The third kappa shape index (κ3) is 5.30. The van der Waals surface area contributed by atoms with Crippen molar-refractivity contribution in [3.63, 3.8) is 0 Å². The number of aromatic nitrogens is 2. The SMILES string of the molecule is CCCc1ccc(C#N)c(SC(CC)C(=O)Nc2cccc(C)n2)n1. The Hall–Kier alpha value is -2.39. The van der Waals surface area contributed by atoms with E-state index in [1.807, 2.05) is 32.0 Å². The van der Waals surface area contributed by atoms with Crippen molar-refractivity contribution in [1.29, 1.82) is 5.26 Å². The van der Waals surface area contributed by atoms with Crippen LogP contribution in [0, 0.1) is 18.3 Å². The number of nitrogens with one attached hydrogen (secondary N) is 1. The fourth-order valence-corrected chi connectivity index (χ4v) is 3.34. The number of nitriles is 1. The number of hydrogen-bond acceptors (Lipinski definition) is 5. The molecule has 2 aromatic heterocycles. The molecule has 0 aliphatic carbocycles. The zero-order chi connectivity index (χ0) is 18.2. The second kappa shape index (κ2) is 9.19. The number of amides is 1. The summed E-state index contributed by atoms with van der Waals surface area (Å²) in [6.07, 6.45) is 2.47. The largest absolute Gasteiger partial charge is 0.310 e. The standard InChI is InChI=1S/C19H22N4OS/c1-4-7-15-11-10-14(12-20)19(22-15)25-16(5-2)18(24)23-17-9-6-8-13(3)21-17/h6,8-11,16H,4-5,7H2,1-3H3,(H,21,23,24). The quantitative estimate of drug-likeness (QED) is 0.757. The van der Waals surface area contributed by atoms with Gasteiger partial charge in [-0.25, -0.2) is 9.97 Å². The summed E-state index contributed by atoms with van der Waals surface area (Å²) in [5.41, 5.74) is 2.29. The first-order valence-corrected chi connectivity index (χ1v) is 9.26. The van der Waals surface area contributed by atoms with Crippen LogP contribution in [0.2, 0.25) is 0 Å². The van der Waals surface area contributed by atoms with Crippen molar-refractivity contribution < 1.29 is 4.79 Å². The minimum absolute atomic E-state index is 0.128. The van der Waals surface area contributed by atoms with Gasteiger partial charge in [-0.05, 0) is 44.0 Å². The van der Waals surface area contributed by atoms with E-state index in [1.54, 1.807) is 12.1 Å². The minimum atomic E-state index is -0.334. The monoisotopic (exact) mass is 354 g/mol. The molecule has 0 spiro atoms. The van der Waals surface area contributed by atoms with Crippen LogP contribution in [-0.4, -0.2) is 21.1 Å². The van der Waals surface area contributed by atoms with E-state index in [9.17, 15) is 10.1 Å². The maximum atomic E-state index is 12.6. The molecule has 1 N–H and O–H groups in total. The van der Waals surface area contributed by atoms with Crippen molar-refractivity contribution in [2.24, 2.45) is 0 Å².